The predicted molar refractivity (Wildman–Crippen MR) is 102 cm³/mol. The number of amides is 1. The average molecular weight is 376 g/mol. The van der Waals surface area contributed by atoms with E-state index >= 15 is 0 Å². The van der Waals surface area contributed by atoms with Crippen molar-refractivity contribution in [3.63, 3.8) is 0 Å². The molecule has 1 amide bonds. The van der Waals surface area contributed by atoms with Crippen LogP contribution < -0.4 is 5.32 Å². The molecule has 0 spiro atoms. The van der Waals surface area contributed by atoms with E-state index in [1.165, 1.54) is 25.1 Å². The highest BCUT2D eigenvalue weighted by atomic mass is 35.5. The number of aromatic hydroxyl groups is 1. The number of anilines is 1. The first kappa shape index (κ1) is 19.8. The molecular formula is C20H22ClNO4. The maximum Gasteiger partial charge on any atom is 0.342 e. The molecule has 0 saturated heterocycles. The normalized spacial score (nSPS) is 12.9. The molecule has 0 aromatic heterocycles. The summed E-state index contributed by atoms with van der Waals surface area (Å²) in [5.41, 5.74) is 1.63. The van der Waals surface area contributed by atoms with E-state index in [-0.39, 0.29) is 22.3 Å². The molecule has 0 radical (unpaired) electrons. The van der Waals surface area contributed by atoms with Gasteiger partial charge in [0.15, 0.2) is 6.10 Å². The Labute approximate surface area is 157 Å². The fraction of sp³-hybridized carbons (Fsp3) is 0.300. The number of phenolic OH excluding ortho intramolecular Hbond substituents is 1. The summed E-state index contributed by atoms with van der Waals surface area (Å²) in [6, 6.07) is 11.6. The van der Waals surface area contributed by atoms with Crippen LogP contribution in [0.4, 0.5) is 5.69 Å². The van der Waals surface area contributed by atoms with E-state index in [1.54, 1.807) is 0 Å². The van der Waals surface area contributed by atoms with Gasteiger partial charge in [0.25, 0.3) is 5.91 Å². The Hall–Kier alpha value is -2.53. The summed E-state index contributed by atoms with van der Waals surface area (Å²) in [6.45, 7) is 5.63. The van der Waals surface area contributed by atoms with Gasteiger partial charge in [0.05, 0.1) is 0 Å². The van der Waals surface area contributed by atoms with Gasteiger partial charge in [-0.05, 0) is 49.1 Å². The van der Waals surface area contributed by atoms with Gasteiger partial charge in [-0.2, -0.15) is 0 Å². The van der Waals surface area contributed by atoms with Crippen LogP contribution >= 0.6 is 11.6 Å². The third kappa shape index (κ3) is 4.76. The zero-order valence-corrected chi connectivity index (χ0v) is 15.7. The van der Waals surface area contributed by atoms with Crippen LogP contribution in [-0.2, 0) is 9.53 Å². The monoisotopic (exact) mass is 375 g/mol. The Kier molecular flexibility index (Phi) is 6.64. The van der Waals surface area contributed by atoms with Gasteiger partial charge in [0.2, 0.25) is 0 Å². The minimum absolute atomic E-state index is 0.0860. The average Bonchev–Trinajstić information content (AvgIpc) is 2.63. The second-order valence-electron chi connectivity index (χ2n) is 6.09. The van der Waals surface area contributed by atoms with Crippen LogP contribution in [0.2, 0.25) is 5.02 Å². The molecule has 2 atom stereocenters. The molecule has 2 N–H and O–H groups in total. The van der Waals surface area contributed by atoms with Gasteiger partial charge in [-0.1, -0.05) is 43.6 Å². The van der Waals surface area contributed by atoms with Gasteiger partial charge >= 0.3 is 5.97 Å². The number of hydrogen-bond donors (Lipinski definition) is 2. The third-order valence-corrected chi connectivity index (χ3v) is 4.43. The molecule has 2 aromatic carbocycles. The summed E-state index contributed by atoms with van der Waals surface area (Å²) in [5.74, 6) is -1.24. The van der Waals surface area contributed by atoms with Gasteiger partial charge < -0.3 is 15.2 Å². The quantitative estimate of drug-likeness (QED) is 0.715. The zero-order chi connectivity index (χ0) is 19.3. The molecule has 138 valence electrons. The summed E-state index contributed by atoms with van der Waals surface area (Å²) in [7, 11) is 0. The summed E-state index contributed by atoms with van der Waals surface area (Å²) in [6.07, 6.45) is -0.100. The maximum atomic E-state index is 12.4. The smallest absolute Gasteiger partial charge is 0.342 e. The number of nitrogens with one attached hydrogen (secondary N) is 1. The minimum atomic E-state index is -1.04. The van der Waals surface area contributed by atoms with Crippen molar-refractivity contribution in [2.24, 2.45) is 0 Å². The molecule has 0 aliphatic rings. The van der Waals surface area contributed by atoms with Crippen molar-refractivity contribution in [2.45, 2.75) is 39.2 Å². The Morgan fingerprint density at radius 2 is 1.88 bits per heavy atom. The lowest BCUT2D eigenvalue weighted by molar-refractivity contribution is -0.123. The summed E-state index contributed by atoms with van der Waals surface area (Å²) < 4.78 is 5.16. The molecule has 2 rings (SSSR count). The van der Waals surface area contributed by atoms with Crippen LogP contribution in [0, 0.1) is 0 Å². The second-order valence-corrected chi connectivity index (χ2v) is 6.53. The first-order valence-electron chi connectivity index (χ1n) is 8.42. The molecular weight excluding hydrogens is 354 g/mol. The zero-order valence-electron chi connectivity index (χ0n) is 15.0. The van der Waals surface area contributed by atoms with Crippen LogP contribution in [0.3, 0.4) is 0 Å². The Morgan fingerprint density at radius 1 is 1.19 bits per heavy atom. The number of ether oxygens (including phenoxy) is 1. The van der Waals surface area contributed by atoms with Gasteiger partial charge in [0, 0.05) is 10.7 Å². The molecule has 0 bridgehead atoms. The van der Waals surface area contributed by atoms with Crippen molar-refractivity contribution < 1.29 is 19.4 Å². The number of carbonyl (C=O) groups excluding carboxylic acids is 2. The van der Waals surface area contributed by atoms with E-state index in [0.717, 1.165) is 12.0 Å². The van der Waals surface area contributed by atoms with E-state index in [9.17, 15) is 14.7 Å². The maximum absolute atomic E-state index is 12.4. The molecule has 2 aromatic rings. The van der Waals surface area contributed by atoms with Gasteiger partial charge in [0.1, 0.15) is 11.3 Å². The van der Waals surface area contributed by atoms with E-state index in [4.69, 9.17) is 16.3 Å². The van der Waals surface area contributed by atoms with Crippen molar-refractivity contribution in [3.05, 3.63) is 58.6 Å². The number of rotatable bonds is 6. The van der Waals surface area contributed by atoms with Crippen molar-refractivity contribution in [3.8, 4) is 5.75 Å². The second kappa shape index (κ2) is 8.72. The summed E-state index contributed by atoms with van der Waals surface area (Å²) in [4.78, 5) is 24.6. The number of benzene rings is 2. The molecule has 0 aliphatic carbocycles. The van der Waals surface area contributed by atoms with E-state index < -0.39 is 18.0 Å². The van der Waals surface area contributed by atoms with E-state index in [0.29, 0.717) is 5.69 Å². The fourth-order valence-electron chi connectivity index (χ4n) is 2.44. The van der Waals surface area contributed by atoms with E-state index in [1.807, 2.05) is 24.3 Å². The van der Waals surface area contributed by atoms with Crippen LogP contribution in [0.1, 0.15) is 49.0 Å². The SMILES string of the molecule is CC[C@@H](C)c1ccccc1NC(=O)[C@H](C)OC(=O)c1cc(Cl)ccc1O. The third-order valence-electron chi connectivity index (χ3n) is 4.19. The van der Waals surface area contributed by atoms with Crippen molar-refractivity contribution in [2.75, 3.05) is 5.32 Å². The first-order chi connectivity index (χ1) is 12.3. The van der Waals surface area contributed by atoms with Crippen molar-refractivity contribution >= 4 is 29.2 Å². The Morgan fingerprint density at radius 3 is 2.58 bits per heavy atom. The Bertz CT molecular complexity index is 806. The largest absolute Gasteiger partial charge is 0.507 e. The van der Waals surface area contributed by atoms with Gasteiger partial charge in [-0.3, -0.25) is 4.79 Å². The fourth-order valence-corrected chi connectivity index (χ4v) is 2.62. The molecule has 0 saturated carbocycles. The lowest BCUT2D eigenvalue weighted by atomic mass is 9.97. The molecule has 0 unspecified atom stereocenters. The summed E-state index contributed by atoms with van der Waals surface area (Å²) in [5, 5.41) is 12.8. The molecule has 5 nitrogen and oxygen atoms in total. The number of halogens is 1. The van der Waals surface area contributed by atoms with Gasteiger partial charge in [-0.15, -0.1) is 0 Å². The minimum Gasteiger partial charge on any atom is -0.507 e. The van der Waals surface area contributed by atoms with Crippen molar-refractivity contribution in [1.82, 2.24) is 0 Å². The highest BCUT2D eigenvalue weighted by molar-refractivity contribution is 6.31. The molecule has 0 fully saturated rings. The number of phenols is 1. The molecule has 0 aliphatic heterocycles. The lowest BCUT2D eigenvalue weighted by Crippen LogP contribution is -2.30. The van der Waals surface area contributed by atoms with Crippen molar-refractivity contribution in [1.29, 1.82) is 0 Å². The molecule has 6 heteroatoms. The number of esters is 1. The van der Waals surface area contributed by atoms with Crippen LogP contribution in [-0.4, -0.2) is 23.1 Å². The molecule has 26 heavy (non-hydrogen) atoms. The first-order valence-corrected chi connectivity index (χ1v) is 8.80. The predicted octanol–water partition coefficient (Wildman–Crippen LogP) is 4.74. The van der Waals surface area contributed by atoms with Crippen LogP contribution in [0.15, 0.2) is 42.5 Å². The number of carbonyl (C=O) groups is 2. The van der Waals surface area contributed by atoms with Gasteiger partial charge in [-0.25, -0.2) is 4.79 Å². The lowest BCUT2D eigenvalue weighted by Gasteiger charge is -2.18. The number of hydrogen-bond acceptors (Lipinski definition) is 4. The topological polar surface area (TPSA) is 75.6 Å². The summed E-state index contributed by atoms with van der Waals surface area (Å²) >= 11 is 5.83. The van der Waals surface area contributed by atoms with E-state index in [2.05, 4.69) is 19.2 Å². The van der Waals surface area contributed by atoms with Crippen LogP contribution in [0.25, 0.3) is 0 Å². The highest BCUT2D eigenvalue weighted by Crippen LogP contribution is 2.27. The Balaban J connectivity index is 2.09. The van der Waals surface area contributed by atoms with Crippen LogP contribution in [0.5, 0.6) is 5.75 Å². The standard InChI is InChI=1S/C20H22ClNO4/c1-4-12(2)15-7-5-6-8-17(15)22-19(24)13(3)26-20(25)16-11-14(21)9-10-18(16)23/h5-13,23H,4H2,1-3H3,(H,22,24)/t12-,13+/m1/s1. The number of para-hydroxylation sites is 1. The highest BCUT2D eigenvalue weighted by Gasteiger charge is 2.22. The molecule has 0 heterocycles.